The van der Waals surface area contributed by atoms with Gasteiger partial charge >= 0.3 is 0 Å². The van der Waals surface area contributed by atoms with Crippen LogP contribution in [0.15, 0.2) is 18.2 Å². The van der Waals surface area contributed by atoms with Gasteiger partial charge in [-0.25, -0.2) is 4.39 Å². The maximum absolute atomic E-state index is 12.6. The second kappa shape index (κ2) is 2.99. The summed E-state index contributed by atoms with van der Waals surface area (Å²) in [6.07, 6.45) is 0. The molecular weight excluding hydrogens is 153 g/mol. The van der Waals surface area contributed by atoms with Crippen molar-refractivity contribution in [3.63, 3.8) is 0 Å². The minimum absolute atomic E-state index is 0.0387. The van der Waals surface area contributed by atoms with Crippen molar-refractivity contribution in [2.45, 2.75) is 6.54 Å². The van der Waals surface area contributed by atoms with Crippen molar-refractivity contribution >= 4 is 11.6 Å². The van der Waals surface area contributed by atoms with Gasteiger partial charge in [0.1, 0.15) is 5.82 Å². The molecule has 1 N–H and O–H groups in total. The first kappa shape index (κ1) is 7.51. The van der Waals surface area contributed by atoms with Crippen molar-refractivity contribution in [2.24, 2.45) is 0 Å². The second-order valence-electron chi connectivity index (χ2n) is 1.91. The number of nitrogens with one attached hydrogen (secondary N) is 1. The van der Waals surface area contributed by atoms with Crippen molar-refractivity contribution in [1.82, 2.24) is 5.73 Å². The van der Waals surface area contributed by atoms with Gasteiger partial charge in [0.15, 0.2) is 0 Å². The topological polar surface area (TPSA) is 23.8 Å². The summed E-state index contributed by atoms with van der Waals surface area (Å²) in [6, 6.07) is 4.31. The van der Waals surface area contributed by atoms with E-state index >= 15 is 0 Å². The highest BCUT2D eigenvalue weighted by Crippen LogP contribution is 2.13. The Labute approximate surface area is 63.6 Å². The van der Waals surface area contributed by atoms with E-state index in [1.165, 1.54) is 12.1 Å². The monoisotopic (exact) mass is 158 g/mol. The number of halogens is 2. The molecule has 0 fully saturated rings. The molecule has 0 bridgehead atoms. The summed E-state index contributed by atoms with van der Waals surface area (Å²) in [5.74, 6) is -0.400. The molecule has 0 saturated carbocycles. The molecule has 0 aliphatic carbocycles. The van der Waals surface area contributed by atoms with E-state index in [0.29, 0.717) is 10.6 Å². The Morgan fingerprint density at radius 1 is 1.50 bits per heavy atom. The molecule has 1 rings (SSSR count). The predicted octanol–water partition coefficient (Wildman–Crippen LogP) is 2.26. The zero-order chi connectivity index (χ0) is 7.56. The molecule has 53 valence electrons. The van der Waals surface area contributed by atoms with Crippen molar-refractivity contribution < 1.29 is 4.39 Å². The lowest BCUT2D eigenvalue weighted by Gasteiger charge is -1.97. The third-order valence-corrected chi connectivity index (χ3v) is 1.44. The molecule has 1 aromatic carbocycles. The van der Waals surface area contributed by atoms with E-state index in [4.69, 9.17) is 17.3 Å². The molecule has 0 aliphatic heterocycles. The third kappa shape index (κ3) is 1.46. The zero-order valence-electron chi connectivity index (χ0n) is 5.20. The minimum atomic E-state index is -0.400. The third-order valence-electron chi connectivity index (χ3n) is 1.21. The van der Waals surface area contributed by atoms with Gasteiger partial charge in [0.2, 0.25) is 0 Å². The lowest BCUT2D eigenvalue weighted by Crippen LogP contribution is -1.89. The average Bonchev–Trinajstić information content (AvgIpc) is 1.88. The van der Waals surface area contributed by atoms with Crippen LogP contribution in [-0.2, 0) is 6.54 Å². The summed E-state index contributed by atoms with van der Waals surface area (Å²) in [4.78, 5) is 0. The fourth-order valence-corrected chi connectivity index (χ4v) is 0.824. The molecule has 1 nitrogen and oxygen atoms in total. The van der Waals surface area contributed by atoms with Crippen molar-refractivity contribution in [3.05, 3.63) is 34.6 Å². The molecule has 0 saturated heterocycles. The maximum Gasteiger partial charge on any atom is 0.129 e. The van der Waals surface area contributed by atoms with Crippen LogP contribution >= 0.6 is 11.6 Å². The highest BCUT2D eigenvalue weighted by Gasteiger charge is 1.98. The lowest BCUT2D eigenvalue weighted by atomic mass is 10.2. The SMILES string of the molecule is [NH]Cc1ccc(Cl)cc1F. The summed E-state index contributed by atoms with van der Waals surface area (Å²) in [7, 11) is 0. The summed E-state index contributed by atoms with van der Waals surface area (Å²) in [5.41, 5.74) is 7.25. The highest BCUT2D eigenvalue weighted by molar-refractivity contribution is 6.30. The van der Waals surface area contributed by atoms with Crippen LogP contribution in [0.3, 0.4) is 0 Å². The fraction of sp³-hybridized carbons (Fsp3) is 0.143. The van der Waals surface area contributed by atoms with E-state index in [1.54, 1.807) is 6.07 Å². The quantitative estimate of drug-likeness (QED) is 0.599. The molecule has 1 aromatic rings. The van der Waals surface area contributed by atoms with Gasteiger partial charge in [-0.1, -0.05) is 17.7 Å². The Morgan fingerprint density at radius 3 is 2.70 bits per heavy atom. The molecule has 0 amide bonds. The van der Waals surface area contributed by atoms with E-state index < -0.39 is 5.82 Å². The summed E-state index contributed by atoms with van der Waals surface area (Å²) < 4.78 is 12.6. The Hall–Kier alpha value is -0.600. The van der Waals surface area contributed by atoms with Crippen molar-refractivity contribution in [3.8, 4) is 0 Å². The van der Waals surface area contributed by atoms with E-state index in [-0.39, 0.29) is 6.54 Å². The van der Waals surface area contributed by atoms with E-state index in [0.717, 1.165) is 0 Å². The predicted molar refractivity (Wildman–Crippen MR) is 38.2 cm³/mol. The number of rotatable bonds is 1. The number of benzene rings is 1. The standard InChI is InChI=1S/C7H6ClFN/c8-6-2-1-5(4-10)7(9)3-6/h1-3,10H,4H2. The molecule has 0 aromatic heterocycles. The van der Waals surface area contributed by atoms with Gasteiger partial charge in [-0.3, -0.25) is 5.73 Å². The second-order valence-corrected chi connectivity index (χ2v) is 2.35. The average molecular weight is 159 g/mol. The summed E-state index contributed by atoms with van der Waals surface area (Å²) in [6.45, 7) is -0.0387. The number of hydrogen-bond acceptors (Lipinski definition) is 0. The van der Waals surface area contributed by atoms with Crippen LogP contribution in [0.4, 0.5) is 4.39 Å². The summed E-state index contributed by atoms with van der Waals surface area (Å²) in [5, 5.41) is 0.370. The van der Waals surface area contributed by atoms with Gasteiger partial charge in [-0.15, -0.1) is 0 Å². The molecule has 0 unspecified atom stereocenters. The van der Waals surface area contributed by atoms with Crippen LogP contribution in [0.25, 0.3) is 0 Å². The van der Waals surface area contributed by atoms with Crippen LogP contribution < -0.4 is 5.73 Å². The van der Waals surface area contributed by atoms with Crippen LogP contribution in [0.5, 0.6) is 0 Å². The molecule has 1 radical (unpaired) electrons. The van der Waals surface area contributed by atoms with Crippen molar-refractivity contribution in [2.75, 3.05) is 0 Å². The Kier molecular flexibility index (Phi) is 2.25. The Bertz CT molecular complexity index is 237. The molecular formula is C7H6ClFN. The first-order chi connectivity index (χ1) is 4.74. The van der Waals surface area contributed by atoms with Gasteiger partial charge in [0.25, 0.3) is 0 Å². The van der Waals surface area contributed by atoms with E-state index in [1.807, 2.05) is 0 Å². The molecule has 3 heteroatoms. The Balaban J connectivity index is 3.07. The lowest BCUT2D eigenvalue weighted by molar-refractivity contribution is 0.609. The van der Waals surface area contributed by atoms with Gasteiger partial charge in [0, 0.05) is 17.1 Å². The van der Waals surface area contributed by atoms with Crippen LogP contribution in [0, 0.1) is 5.82 Å². The summed E-state index contributed by atoms with van der Waals surface area (Å²) >= 11 is 5.47. The minimum Gasteiger partial charge on any atom is -0.253 e. The zero-order valence-corrected chi connectivity index (χ0v) is 5.95. The van der Waals surface area contributed by atoms with Gasteiger partial charge in [-0.05, 0) is 12.1 Å². The smallest absolute Gasteiger partial charge is 0.129 e. The molecule has 10 heavy (non-hydrogen) atoms. The fourth-order valence-electron chi connectivity index (χ4n) is 0.665. The maximum atomic E-state index is 12.6. The van der Waals surface area contributed by atoms with Crippen LogP contribution in [0.2, 0.25) is 5.02 Å². The van der Waals surface area contributed by atoms with Gasteiger partial charge in [0.05, 0.1) is 0 Å². The number of hydrogen-bond donors (Lipinski definition) is 0. The molecule has 0 aliphatic rings. The van der Waals surface area contributed by atoms with Gasteiger partial charge < -0.3 is 0 Å². The van der Waals surface area contributed by atoms with Gasteiger partial charge in [-0.2, -0.15) is 0 Å². The largest absolute Gasteiger partial charge is 0.253 e. The van der Waals surface area contributed by atoms with E-state index in [9.17, 15) is 4.39 Å². The van der Waals surface area contributed by atoms with Crippen LogP contribution in [-0.4, -0.2) is 0 Å². The first-order valence-corrected chi connectivity index (χ1v) is 3.20. The normalized spacial score (nSPS) is 9.90. The molecule has 0 heterocycles. The highest BCUT2D eigenvalue weighted by atomic mass is 35.5. The van der Waals surface area contributed by atoms with E-state index in [2.05, 4.69) is 0 Å². The molecule has 0 spiro atoms. The van der Waals surface area contributed by atoms with Crippen molar-refractivity contribution in [1.29, 1.82) is 0 Å². The molecule has 0 atom stereocenters. The Morgan fingerprint density at radius 2 is 2.20 bits per heavy atom. The first-order valence-electron chi connectivity index (χ1n) is 2.82. The van der Waals surface area contributed by atoms with Crippen LogP contribution in [0.1, 0.15) is 5.56 Å².